The van der Waals surface area contributed by atoms with E-state index in [1.807, 2.05) is 43.5 Å². The zero-order valence-electron chi connectivity index (χ0n) is 14.9. The van der Waals surface area contributed by atoms with Gasteiger partial charge in [0.25, 0.3) is 0 Å². The normalized spacial score (nSPS) is 18.2. The summed E-state index contributed by atoms with van der Waals surface area (Å²) in [7, 11) is 0. The van der Waals surface area contributed by atoms with Gasteiger partial charge in [-0.25, -0.2) is 4.68 Å². The highest BCUT2D eigenvalue weighted by Crippen LogP contribution is 2.24. The topological polar surface area (TPSA) is 59.0 Å². The smallest absolute Gasteiger partial charge is 0.224 e. The molecular weight excluding hydrogens is 336 g/mol. The van der Waals surface area contributed by atoms with Crippen molar-refractivity contribution in [3.05, 3.63) is 42.2 Å². The highest BCUT2D eigenvalue weighted by molar-refractivity contribution is 5.92. The molecule has 2 unspecified atom stereocenters. The second-order valence-electron chi connectivity index (χ2n) is 6.75. The number of carbonyl (C=O) groups is 1. The predicted octanol–water partition coefficient (Wildman–Crippen LogP) is 3.57. The lowest BCUT2D eigenvalue weighted by molar-refractivity contribution is -0.117. The van der Waals surface area contributed by atoms with Gasteiger partial charge in [-0.05, 0) is 62.9 Å². The first kappa shape index (κ1) is 19.5. The molecule has 0 aliphatic carbocycles. The number of halogens is 1. The molecule has 2 atom stereocenters. The van der Waals surface area contributed by atoms with E-state index in [2.05, 4.69) is 22.7 Å². The van der Waals surface area contributed by atoms with E-state index in [0.717, 1.165) is 30.2 Å². The van der Waals surface area contributed by atoms with Gasteiger partial charge in [-0.1, -0.05) is 19.1 Å². The molecule has 1 aromatic heterocycles. The largest absolute Gasteiger partial charge is 0.324 e. The van der Waals surface area contributed by atoms with Gasteiger partial charge in [0, 0.05) is 12.6 Å². The third kappa shape index (κ3) is 5.06. The minimum absolute atomic E-state index is 0. The van der Waals surface area contributed by atoms with Crippen LogP contribution in [0.5, 0.6) is 0 Å². The van der Waals surface area contributed by atoms with Crippen LogP contribution < -0.4 is 10.6 Å². The number of rotatable bonds is 5. The van der Waals surface area contributed by atoms with Crippen molar-refractivity contribution in [2.45, 2.75) is 33.1 Å². The predicted molar refractivity (Wildman–Crippen MR) is 104 cm³/mol. The molecule has 2 heterocycles. The minimum Gasteiger partial charge on any atom is -0.324 e. The molecule has 2 N–H and O–H groups in total. The van der Waals surface area contributed by atoms with Crippen molar-refractivity contribution in [2.75, 3.05) is 18.4 Å². The van der Waals surface area contributed by atoms with Gasteiger partial charge in [-0.3, -0.25) is 4.79 Å². The Morgan fingerprint density at radius 1 is 1.40 bits per heavy atom. The van der Waals surface area contributed by atoms with Gasteiger partial charge < -0.3 is 10.6 Å². The Hall–Kier alpha value is -1.85. The molecule has 1 aromatic carbocycles. The lowest BCUT2D eigenvalue weighted by Gasteiger charge is -2.28. The highest BCUT2D eigenvalue weighted by Gasteiger charge is 2.22. The number of amides is 1. The van der Waals surface area contributed by atoms with Crippen molar-refractivity contribution in [1.29, 1.82) is 0 Å². The Kier molecular flexibility index (Phi) is 7.02. The molecule has 1 aliphatic heterocycles. The molecule has 0 radical (unpaired) electrons. The zero-order valence-corrected chi connectivity index (χ0v) is 15.7. The monoisotopic (exact) mass is 362 g/mol. The van der Waals surface area contributed by atoms with E-state index in [0.29, 0.717) is 18.3 Å². The van der Waals surface area contributed by atoms with Gasteiger partial charge in [-0.2, -0.15) is 5.10 Å². The third-order valence-electron chi connectivity index (χ3n) is 4.79. The van der Waals surface area contributed by atoms with Crippen LogP contribution in [0.25, 0.3) is 5.69 Å². The zero-order chi connectivity index (χ0) is 16.9. The van der Waals surface area contributed by atoms with Crippen molar-refractivity contribution in [3.63, 3.8) is 0 Å². The number of hydrogen-bond acceptors (Lipinski definition) is 3. The summed E-state index contributed by atoms with van der Waals surface area (Å²) in [6.07, 6.45) is 4.89. The maximum atomic E-state index is 12.5. The highest BCUT2D eigenvalue weighted by atomic mass is 35.5. The van der Waals surface area contributed by atoms with Gasteiger partial charge in [0.2, 0.25) is 5.91 Å². The van der Waals surface area contributed by atoms with Gasteiger partial charge in [-0.15, -0.1) is 12.4 Å². The lowest BCUT2D eigenvalue weighted by atomic mass is 9.85. The van der Waals surface area contributed by atoms with Crippen LogP contribution in [0.4, 0.5) is 5.69 Å². The molecule has 3 rings (SSSR count). The maximum Gasteiger partial charge on any atom is 0.224 e. The second-order valence-corrected chi connectivity index (χ2v) is 6.75. The fourth-order valence-corrected chi connectivity index (χ4v) is 3.35. The third-order valence-corrected chi connectivity index (χ3v) is 4.79. The van der Waals surface area contributed by atoms with E-state index in [4.69, 9.17) is 0 Å². The molecule has 0 saturated carbocycles. The average molecular weight is 363 g/mol. The molecule has 2 aromatic rings. The number of nitrogens with zero attached hydrogens (tertiary/aromatic N) is 2. The summed E-state index contributed by atoms with van der Waals surface area (Å²) in [5.74, 6) is 1.05. The number of benzene rings is 1. The molecule has 5 nitrogen and oxygen atoms in total. The molecule has 1 fully saturated rings. The first-order valence-electron chi connectivity index (χ1n) is 8.75. The fraction of sp³-hybridized carbons (Fsp3) is 0.474. The minimum atomic E-state index is 0. The molecule has 136 valence electrons. The van der Waals surface area contributed by atoms with Crippen LogP contribution in [-0.2, 0) is 4.79 Å². The van der Waals surface area contributed by atoms with Crippen molar-refractivity contribution in [2.24, 2.45) is 11.8 Å². The van der Waals surface area contributed by atoms with Crippen LogP contribution in [0.2, 0.25) is 0 Å². The number of para-hydroxylation sites is 2. The van der Waals surface area contributed by atoms with Gasteiger partial charge in [0.05, 0.1) is 17.1 Å². The Bertz CT molecular complexity index is 694. The molecule has 25 heavy (non-hydrogen) atoms. The quantitative estimate of drug-likeness (QED) is 0.854. The number of nitrogens with one attached hydrogen (secondary N) is 2. The number of piperidine rings is 1. The molecule has 6 heteroatoms. The van der Waals surface area contributed by atoms with E-state index in [1.54, 1.807) is 4.68 Å². The fourth-order valence-electron chi connectivity index (χ4n) is 3.35. The summed E-state index contributed by atoms with van der Waals surface area (Å²) in [6, 6.07) is 9.74. The van der Waals surface area contributed by atoms with Crippen LogP contribution in [0.15, 0.2) is 36.5 Å². The summed E-state index contributed by atoms with van der Waals surface area (Å²) in [5.41, 5.74) is 2.65. The summed E-state index contributed by atoms with van der Waals surface area (Å²) in [4.78, 5) is 12.5. The summed E-state index contributed by atoms with van der Waals surface area (Å²) in [5, 5.41) is 10.9. The van der Waals surface area contributed by atoms with Crippen LogP contribution in [0, 0.1) is 18.8 Å². The molecule has 1 aliphatic rings. The van der Waals surface area contributed by atoms with Gasteiger partial charge in [0.1, 0.15) is 0 Å². The summed E-state index contributed by atoms with van der Waals surface area (Å²) in [6.45, 7) is 6.27. The van der Waals surface area contributed by atoms with Crippen molar-refractivity contribution in [3.8, 4) is 5.69 Å². The average Bonchev–Trinajstić information content (AvgIpc) is 3.02. The number of aromatic nitrogens is 2. The number of carbonyl (C=O) groups excluding carboxylic acids is 1. The number of hydrogen-bond donors (Lipinski definition) is 2. The van der Waals surface area contributed by atoms with E-state index in [9.17, 15) is 4.79 Å². The molecule has 1 saturated heterocycles. The van der Waals surface area contributed by atoms with Crippen molar-refractivity contribution >= 4 is 24.0 Å². The van der Waals surface area contributed by atoms with Crippen molar-refractivity contribution in [1.82, 2.24) is 15.1 Å². The number of anilines is 1. The second kappa shape index (κ2) is 9.02. The van der Waals surface area contributed by atoms with Crippen LogP contribution in [-0.4, -0.2) is 28.8 Å². The summed E-state index contributed by atoms with van der Waals surface area (Å²) >= 11 is 0. The standard InChI is InChI=1S/C19H26N4O.ClH/c1-14(16-6-5-10-20-13-16)12-19(24)21-17-7-3-4-8-18(17)23-11-9-15(2)22-23;/h3-4,7-9,11,14,16,20H,5-6,10,12-13H2,1-2H3,(H,21,24);1H. The van der Waals surface area contributed by atoms with Gasteiger partial charge in [0.15, 0.2) is 0 Å². The number of aryl methyl sites for hydroxylation is 1. The van der Waals surface area contributed by atoms with E-state index < -0.39 is 0 Å². The summed E-state index contributed by atoms with van der Waals surface area (Å²) < 4.78 is 1.80. The molecule has 0 spiro atoms. The Morgan fingerprint density at radius 2 is 2.20 bits per heavy atom. The van der Waals surface area contributed by atoms with Crippen molar-refractivity contribution < 1.29 is 4.79 Å². The first-order chi connectivity index (χ1) is 11.6. The first-order valence-corrected chi connectivity index (χ1v) is 8.75. The SMILES string of the molecule is Cc1ccn(-c2ccccc2NC(=O)CC(C)C2CCCNC2)n1.Cl. The Morgan fingerprint density at radius 3 is 2.88 bits per heavy atom. The van der Waals surface area contributed by atoms with Crippen LogP contribution >= 0.6 is 12.4 Å². The van der Waals surface area contributed by atoms with Crippen LogP contribution in [0.1, 0.15) is 31.9 Å². The van der Waals surface area contributed by atoms with E-state index >= 15 is 0 Å². The van der Waals surface area contributed by atoms with Crippen LogP contribution in [0.3, 0.4) is 0 Å². The lowest BCUT2D eigenvalue weighted by Crippen LogP contribution is -2.34. The molecule has 1 amide bonds. The van der Waals surface area contributed by atoms with Gasteiger partial charge >= 0.3 is 0 Å². The molecular formula is C19H27ClN4O. The maximum absolute atomic E-state index is 12.5. The van der Waals surface area contributed by atoms with E-state index in [-0.39, 0.29) is 18.3 Å². The Labute approximate surface area is 155 Å². The van der Waals surface area contributed by atoms with E-state index in [1.165, 1.54) is 12.8 Å². The Balaban J connectivity index is 0.00000225. The molecule has 0 bridgehead atoms.